The second-order valence-corrected chi connectivity index (χ2v) is 16.4. The van der Waals surface area contributed by atoms with Gasteiger partial charge >= 0.3 is 5.97 Å². The minimum Gasteiger partial charge on any atom is -0.458 e. The quantitative estimate of drug-likeness (QED) is 0.0925. The van der Waals surface area contributed by atoms with Gasteiger partial charge < -0.3 is 69.0 Å². The maximum Gasteiger partial charge on any atom is 0.331 e. The summed E-state index contributed by atoms with van der Waals surface area (Å²) in [5, 5.41) is 76.7. The minimum absolute atomic E-state index is 0.00877. The van der Waals surface area contributed by atoms with Crippen LogP contribution < -0.4 is 0 Å². The molecule has 0 aromatic rings. The number of rotatable bonds is 8. The van der Waals surface area contributed by atoms with E-state index in [0.29, 0.717) is 44.9 Å². The molecule has 3 aliphatic heterocycles. The average Bonchev–Trinajstić information content (AvgIpc) is 3.65. The highest BCUT2D eigenvalue weighted by atomic mass is 16.7. The van der Waals surface area contributed by atoms with Gasteiger partial charge in [0, 0.05) is 25.0 Å². The van der Waals surface area contributed by atoms with Crippen LogP contribution in [-0.2, 0) is 38.0 Å². The van der Waals surface area contributed by atoms with Crippen molar-refractivity contribution in [3.63, 3.8) is 0 Å². The van der Waals surface area contributed by atoms with Gasteiger partial charge in [0.25, 0.3) is 0 Å². The predicted molar refractivity (Wildman–Crippen MR) is 172 cm³/mol. The molecular weight excluding hydrogens is 672 g/mol. The van der Waals surface area contributed by atoms with Crippen LogP contribution in [0.3, 0.4) is 0 Å². The molecule has 0 bridgehead atoms. The first-order valence-corrected chi connectivity index (χ1v) is 18.4. The first-order valence-electron chi connectivity index (χ1n) is 18.4. The Hall–Kier alpha value is -1.60. The smallest absolute Gasteiger partial charge is 0.331 e. The lowest BCUT2D eigenvalue weighted by Gasteiger charge is -2.65. The molecule has 0 unspecified atom stereocenters. The Bertz CT molecular complexity index is 1360. The van der Waals surface area contributed by atoms with E-state index in [9.17, 15) is 45.3 Å². The van der Waals surface area contributed by atoms with Gasteiger partial charge in [0.05, 0.1) is 35.4 Å². The van der Waals surface area contributed by atoms with Crippen molar-refractivity contribution >= 4 is 12.3 Å². The molecule has 0 amide bonds. The molecule has 0 aromatic carbocycles. The molecule has 2 saturated heterocycles. The SMILES string of the molecule is CO[C@H]1[C@H](O)[C@@H](O[C@H]2CC[C@]3(C=O)[C@H]4CC[C@]5(C)[C@@H](C6=CC(=O)OC6)CC[C@]5(O)[C@H]4CC[C@]3(O)C2)O[C@@H](C)[C@@H]1O[C@H]1O[C@@H](CO)[C@H](O)[C@@H](O)[C@@H]1O. The van der Waals surface area contributed by atoms with Crippen LogP contribution in [-0.4, -0.2) is 147 Å². The van der Waals surface area contributed by atoms with Crippen molar-refractivity contribution in [1.29, 1.82) is 0 Å². The zero-order chi connectivity index (χ0) is 36.7. The van der Waals surface area contributed by atoms with E-state index in [2.05, 4.69) is 6.92 Å². The Kier molecular flexibility index (Phi) is 10.1. The summed E-state index contributed by atoms with van der Waals surface area (Å²) in [4.78, 5) is 25.1. The molecule has 18 atom stereocenters. The van der Waals surface area contributed by atoms with Crippen LogP contribution in [0, 0.1) is 28.6 Å². The number of ether oxygens (including phenoxy) is 6. The van der Waals surface area contributed by atoms with Crippen molar-refractivity contribution in [3.05, 3.63) is 11.6 Å². The second kappa shape index (κ2) is 13.6. The Labute approximate surface area is 296 Å². The van der Waals surface area contributed by atoms with Gasteiger partial charge in [-0.3, -0.25) is 0 Å². The molecule has 3 heterocycles. The van der Waals surface area contributed by atoms with Gasteiger partial charge in [-0.05, 0) is 81.6 Å². The summed E-state index contributed by atoms with van der Waals surface area (Å²) < 4.78 is 34.6. The molecule has 0 spiro atoms. The monoisotopic (exact) mass is 726 g/mol. The fourth-order valence-electron chi connectivity index (χ4n) is 11.5. The first kappa shape index (κ1) is 37.7. The summed E-state index contributed by atoms with van der Waals surface area (Å²) in [5.74, 6) is -0.777. The van der Waals surface area contributed by atoms with Crippen LogP contribution in [0.25, 0.3) is 0 Å². The van der Waals surface area contributed by atoms with E-state index in [4.69, 9.17) is 28.4 Å². The van der Waals surface area contributed by atoms with E-state index in [-0.39, 0.29) is 36.8 Å². The van der Waals surface area contributed by atoms with Gasteiger partial charge in [-0.1, -0.05) is 6.92 Å². The molecule has 4 saturated carbocycles. The third-order valence-electron chi connectivity index (χ3n) is 14.3. The van der Waals surface area contributed by atoms with Crippen molar-refractivity contribution < 1.29 is 73.8 Å². The molecule has 15 heteroatoms. The number of carbonyl (C=O) groups is 2. The highest BCUT2D eigenvalue weighted by Crippen LogP contribution is 2.70. The molecular formula is C36H54O15. The molecule has 0 aromatic heterocycles. The standard InChI is InChI=1S/C36H54O15/c1-17-29(51-31-27(42)26(41)25(40)23(14-37)50-31)30(46-3)28(43)32(48-17)49-19-4-9-34(16-38)21-5-8-33(2)20(18-12-24(39)47-15-18)7-11-36(33,45)22(21)6-10-35(34,44)13-19/h12,16-17,19-23,25-32,37,40-45H,4-11,13-15H2,1-3H3/t17-,19-,20+,21-,22-,23-,25-,26+,27-,28-,29-,30-,31+,32+,33+,34-,35-,36-/m0/s1. The number of aliphatic hydroxyl groups excluding tert-OH is 5. The minimum atomic E-state index is -1.66. The summed E-state index contributed by atoms with van der Waals surface area (Å²) in [6.45, 7) is 3.37. The van der Waals surface area contributed by atoms with Crippen molar-refractivity contribution in [2.45, 2.75) is 150 Å². The van der Waals surface area contributed by atoms with Crippen LogP contribution >= 0.6 is 0 Å². The molecule has 4 aliphatic carbocycles. The van der Waals surface area contributed by atoms with E-state index in [1.807, 2.05) is 0 Å². The van der Waals surface area contributed by atoms with Crippen molar-refractivity contribution in [2.24, 2.45) is 28.6 Å². The van der Waals surface area contributed by atoms with Gasteiger partial charge in [0.1, 0.15) is 55.6 Å². The molecule has 15 nitrogen and oxygen atoms in total. The molecule has 288 valence electrons. The Morgan fingerprint density at radius 1 is 0.882 bits per heavy atom. The third-order valence-corrected chi connectivity index (χ3v) is 14.3. The fraction of sp³-hybridized carbons (Fsp3) is 0.889. The molecule has 6 fully saturated rings. The Balaban J connectivity index is 1.03. The van der Waals surface area contributed by atoms with Gasteiger partial charge in [0.2, 0.25) is 0 Å². The number of fused-ring (bicyclic) bond motifs is 5. The van der Waals surface area contributed by atoms with Gasteiger partial charge in [-0.25, -0.2) is 4.79 Å². The Morgan fingerprint density at radius 2 is 1.61 bits per heavy atom. The summed E-state index contributed by atoms with van der Waals surface area (Å²) in [6.07, 6.45) is -6.79. The van der Waals surface area contributed by atoms with Gasteiger partial charge in [-0.2, -0.15) is 0 Å². The molecule has 51 heavy (non-hydrogen) atoms. The van der Waals surface area contributed by atoms with Crippen LogP contribution in [0.5, 0.6) is 0 Å². The zero-order valence-electron chi connectivity index (χ0n) is 29.4. The summed E-state index contributed by atoms with van der Waals surface area (Å²) >= 11 is 0. The molecule has 7 rings (SSSR count). The first-order chi connectivity index (χ1) is 24.2. The molecule has 7 aliphatic rings. The summed E-state index contributed by atoms with van der Waals surface area (Å²) in [5.41, 5.74) is -3.11. The van der Waals surface area contributed by atoms with Crippen molar-refractivity contribution in [3.8, 4) is 0 Å². The van der Waals surface area contributed by atoms with Crippen LogP contribution in [0.2, 0.25) is 0 Å². The van der Waals surface area contributed by atoms with E-state index in [1.165, 1.54) is 7.11 Å². The number of carbonyl (C=O) groups excluding carboxylic acids is 2. The van der Waals surface area contributed by atoms with Crippen LogP contribution in [0.4, 0.5) is 0 Å². The largest absolute Gasteiger partial charge is 0.458 e. The molecule has 0 radical (unpaired) electrons. The number of aldehydes is 1. The normalized spacial score (nSPS) is 54.2. The number of aliphatic hydroxyl groups is 7. The summed E-state index contributed by atoms with van der Waals surface area (Å²) in [6, 6.07) is 0. The topological polar surface area (TPSA) is 231 Å². The van der Waals surface area contributed by atoms with Gasteiger partial charge in [0.15, 0.2) is 12.6 Å². The number of hydrogen-bond acceptors (Lipinski definition) is 15. The molecule has 7 N–H and O–H groups in total. The van der Waals surface area contributed by atoms with Gasteiger partial charge in [-0.15, -0.1) is 0 Å². The predicted octanol–water partition coefficient (Wildman–Crippen LogP) is -0.772. The number of esters is 1. The second-order valence-electron chi connectivity index (χ2n) is 16.4. The van der Waals surface area contributed by atoms with E-state index in [0.717, 1.165) is 18.3 Å². The number of cyclic esters (lactones) is 1. The maximum atomic E-state index is 13.2. The van der Waals surface area contributed by atoms with Crippen LogP contribution in [0.1, 0.15) is 71.6 Å². The van der Waals surface area contributed by atoms with E-state index >= 15 is 0 Å². The highest BCUT2D eigenvalue weighted by Gasteiger charge is 2.71. The lowest BCUT2D eigenvalue weighted by Crippen LogP contribution is -2.69. The fourth-order valence-corrected chi connectivity index (χ4v) is 11.5. The van der Waals surface area contributed by atoms with Crippen molar-refractivity contribution in [1.82, 2.24) is 0 Å². The lowest BCUT2D eigenvalue weighted by atomic mass is 9.41. The number of hydrogen-bond donors (Lipinski definition) is 7. The van der Waals surface area contributed by atoms with E-state index in [1.54, 1.807) is 13.0 Å². The van der Waals surface area contributed by atoms with E-state index < -0.39 is 96.2 Å². The lowest BCUT2D eigenvalue weighted by molar-refractivity contribution is -0.363. The zero-order valence-corrected chi connectivity index (χ0v) is 29.4. The summed E-state index contributed by atoms with van der Waals surface area (Å²) in [7, 11) is 1.36. The third kappa shape index (κ3) is 5.68. The number of methoxy groups -OCH3 is 1. The highest BCUT2D eigenvalue weighted by molar-refractivity contribution is 5.85. The maximum absolute atomic E-state index is 13.2. The van der Waals surface area contributed by atoms with Crippen molar-refractivity contribution in [2.75, 3.05) is 20.3 Å². The average molecular weight is 727 g/mol. The van der Waals surface area contributed by atoms with Crippen LogP contribution in [0.15, 0.2) is 11.6 Å². The Morgan fingerprint density at radius 3 is 2.27 bits per heavy atom.